The Labute approximate surface area is 107 Å². The average molecular weight is 253 g/mol. The molecule has 0 spiro atoms. The molecule has 0 heterocycles. The number of amides is 1. The van der Waals surface area contributed by atoms with E-state index >= 15 is 0 Å². The van der Waals surface area contributed by atoms with Gasteiger partial charge < -0.3 is 19.5 Å². The van der Waals surface area contributed by atoms with Crippen LogP contribution >= 0.6 is 0 Å². The minimum atomic E-state index is -0.0542. The number of benzene rings is 1. The third kappa shape index (κ3) is 3.55. The number of carbonyl (C=O) groups excluding carboxylic acids is 1. The summed E-state index contributed by atoms with van der Waals surface area (Å²) >= 11 is 0. The Kier molecular flexibility index (Phi) is 5.30. The van der Waals surface area contributed by atoms with Crippen molar-refractivity contribution in [2.24, 2.45) is 0 Å². The lowest BCUT2D eigenvalue weighted by Crippen LogP contribution is -2.22. The Bertz CT molecular complexity index is 392. The SMILES string of the molecule is COc1cc(OC)c(CCNC(C)=O)c(OC)c1. The summed E-state index contributed by atoms with van der Waals surface area (Å²) in [6, 6.07) is 3.59. The first-order valence-electron chi connectivity index (χ1n) is 5.65. The van der Waals surface area contributed by atoms with E-state index < -0.39 is 0 Å². The van der Waals surface area contributed by atoms with E-state index in [0.717, 1.165) is 5.56 Å². The molecule has 0 fully saturated rings. The van der Waals surface area contributed by atoms with Gasteiger partial charge >= 0.3 is 0 Å². The molecule has 0 saturated carbocycles. The molecule has 1 rings (SSSR count). The highest BCUT2D eigenvalue weighted by Crippen LogP contribution is 2.34. The summed E-state index contributed by atoms with van der Waals surface area (Å²) in [5.74, 6) is 2.00. The lowest BCUT2D eigenvalue weighted by molar-refractivity contribution is -0.118. The molecule has 0 atom stereocenters. The standard InChI is InChI=1S/C13H19NO4/c1-9(15)14-6-5-11-12(17-3)7-10(16-2)8-13(11)18-4/h7-8H,5-6H2,1-4H3,(H,14,15). The Hall–Kier alpha value is -1.91. The van der Waals surface area contributed by atoms with Gasteiger partial charge in [-0.05, 0) is 6.42 Å². The van der Waals surface area contributed by atoms with Crippen LogP contribution in [0.2, 0.25) is 0 Å². The molecular formula is C13H19NO4. The number of hydrogen-bond donors (Lipinski definition) is 1. The molecule has 0 unspecified atom stereocenters. The van der Waals surface area contributed by atoms with Crippen LogP contribution in [-0.2, 0) is 11.2 Å². The molecule has 0 bridgehead atoms. The van der Waals surface area contributed by atoms with Crippen molar-refractivity contribution in [1.82, 2.24) is 5.32 Å². The van der Waals surface area contributed by atoms with Gasteiger partial charge in [0.15, 0.2) is 0 Å². The lowest BCUT2D eigenvalue weighted by atomic mass is 10.1. The maximum Gasteiger partial charge on any atom is 0.216 e. The van der Waals surface area contributed by atoms with Crippen molar-refractivity contribution in [1.29, 1.82) is 0 Å². The van der Waals surface area contributed by atoms with Crippen LogP contribution in [0.4, 0.5) is 0 Å². The van der Waals surface area contributed by atoms with Crippen LogP contribution in [-0.4, -0.2) is 33.8 Å². The molecule has 0 aliphatic rings. The largest absolute Gasteiger partial charge is 0.496 e. The predicted octanol–water partition coefficient (Wildman–Crippen LogP) is 1.39. The van der Waals surface area contributed by atoms with E-state index in [9.17, 15) is 4.79 Å². The molecule has 5 nitrogen and oxygen atoms in total. The van der Waals surface area contributed by atoms with Crippen LogP contribution in [0.3, 0.4) is 0 Å². The first kappa shape index (κ1) is 14.2. The Morgan fingerprint density at radius 2 is 1.67 bits per heavy atom. The zero-order valence-electron chi connectivity index (χ0n) is 11.2. The number of methoxy groups -OCH3 is 3. The second-order valence-electron chi connectivity index (χ2n) is 3.74. The maximum atomic E-state index is 10.8. The first-order valence-corrected chi connectivity index (χ1v) is 5.65. The van der Waals surface area contributed by atoms with Crippen LogP contribution < -0.4 is 19.5 Å². The summed E-state index contributed by atoms with van der Waals surface area (Å²) in [5.41, 5.74) is 0.912. The van der Waals surface area contributed by atoms with E-state index in [-0.39, 0.29) is 5.91 Å². The molecule has 5 heteroatoms. The molecule has 1 aromatic carbocycles. The summed E-state index contributed by atoms with van der Waals surface area (Å²) in [4.78, 5) is 10.8. The van der Waals surface area contributed by atoms with E-state index in [1.165, 1.54) is 6.92 Å². The van der Waals surface area contributed by atoms with Gasteiger partial charge in [0, 0.05) is 31.2 Å². The van der Waals surface area contributed by atoms with E-state index in [0.29, 0.717) is 30.2 Å². The van der Waals surface area contributed by atoms with E-state index in [1.54, 1.807) is 33.5 Å². The zero-order chi connectivity index (χ0) is 13.5. The van der Waals surface area contributed by atoms with Crippen molar-refractivity contribution in [3.8, 4) is 17.2 Å². The zero-order valence-corrected chi connectivity index (χ0v) is 11.2. The predicted molar refractivity (Wildman–Crippen MR) is 68.5 cm³/mol. The average Bonchev–Trinajstić information content (AvgIpc) is 2.37. The molecule has 0 saturated heterocycles. The van der Waals surface area contributed by atoms with Crippen molar-refractivity contribution < 1.29 is 19.0 Å². The van der Waals surface area contributed by atoms with Crippen molar-refractivity contribution >= 4 is 5.91 Å². The van der Waals surface area contributed by atoms with E-state index in [2.05, 4.69) is 5.32 Å². The molecule has 0 aromatic heterocycles. The van der Waals surface area contributed by atoms with Gasteiger partial charge in [-0.15, -0.1) is 0 Å². The van der Waals surface area contributed by atoms with Crippen LogP contribution in [0.1, 0.15) is 12.5 Å². The highest BCUT2D eigenvalue weighted by atomic mass is 16.5. The van der Waals surface area contributed by atoms with Crippen LogP contribution in [0.5, 0.6) is 17.2 Å². The van der Waals surface area contributed by atoms with Crippen molar-refractivity contribution in [2.45, 2.75) is 13.3 Å². The molecule has 1 aromatic rings. The Morgan fingerprint density at radius 3 is 2.06 bits per heavy atom. The third-order valence-corrected chi connectivity index (χ3v) is 2.57. The fraction of sp³-hybridized carbons (Fsp3) is 0.462. The highest BCUT2D eigenvalue weighted by Gasteiger charge is 2.12. The monoisotopic (exact) mass is 253 g/mol. The van der Waals surface area contributed by atoms with Gasteiger partial charge in [0.05, 0.1) is 21.3 Å². The quantitative estimate of drug-likeness (QED) is 0.832. The van der Waals surface area contributed by atoms with Gasteiger partial charge in [-0.1, -0.05) is 0 Å². The smallest absolute Gasteiger partial charge is 0.216 e. The molecule has 1 amide bonds. The minimum Gasteiger partial charge on any atom is -0.496 e. The number of hydrogen-bond acceptors (Lipinski definition) is 4. The summed E-state index contributed by atoms with van der Waals surface area (Å²) in [7, 11) is 4.78. The van der Waals surface area contributed by atoms with Crippen molar-refractivity contribution in [2.75, 3.05) is 27.9 Å². The molecule has 100 valence electrons. The second kappa shape index (κ2) is 6.74. The van der Waals surface area contributed by atoms with E-state index in [1.807, 2.05) is 0 Å². The summed E-state index contributed by atoms with van der Waals surface area (Å²) in [6.45, 7) is 2.02. The van der Waals surface area contributed by atoms with Crippen LogP contribution in [0.25, 0.3) is 0 Å². The van der Waals surface area contributed by atoms with Crippen LogP contribution in [0, 0.1) is 0 Å². The van der Waals surface area contributed by atoms with Gasteiger partial charge in [-0.25, -0.2) is 0 Å². The number of nitrogens with one attached hydrogen (secondary N) is 1. The Morgan fingerprint density at radius 1 is 1.11 bits per heavy atom. The molecule has 0 aliphatic carbocycles. The summed E-state index contributed by atoms with van der Waals surface area (Å²) < 4.78 is 15.8. The molecule has 0 radical (unpaired) electrons. The summed E-state index contributed by atoms with van der Waals surface area (Å²) in [5, 5.41) is 2.74. The third-order valence-electron chi connectivity index (χ3n) is 2.57. The van der Waals surface area contributed by atoms with Gasteiger partial charge in [0.1, 0.15) is 17.2 Å². The number of rotatable bonds is 6. The molecule has 1 N–H and O–H groups in total. The fourth-order valence-corrected chi connectivity index (χ4v) is 1.69. The van der Waals surface area contributed by atoms with Gasteiger partial charge in [-0.3, -0.25) is 4.79 Å². The normalized spacial score (nSPS) is 9.78. The minimum absolute atomic E-state index is 0.0542. The van der Waals surface area contributed by atoms with Crippen LogP contribution in [0.15, 0.2) is 12.1 Å². The lowest BCUT2D eigenvalue weighted by Gasteiger charge is -2.15. The van der Waals surface area contributed by atoms with Crippen molar-refractivity contribution in [3.63, 3.8) is 0 Å². The topological polar surface area (TPSA) is 56.8 Å². The van der Waals surface area contributed by atoms with E-state index in [4.69, 9.17) is 14.2 Å². The number of carbonyl (C=O) groups is 1. The second-order valence-corrected chi connectivity index (χ2v) is 3.74. The van der Waals surface area contributed by atoms with Crippen molar-refractivity contribution in [3.05, 3.63) is 17.7 Å². The molecule has 18 heavy (non-hydrogen) atoms. The number of ether oxygens (including phenoxy) is 3. The molecular weight excluding hydrogens is 234 g/mol. The highest BCUT2D eigenvalue weighted by molar-refractivity contribution is 5.72. The van der Waals surface area contributed by atoms with Gasteiger partial charge in [0.25, 0.3) is 0 Å². The van der Waals surface area contributed by atoms with Gasteiger partial charge in [0.2, 0.25) is 5.91 Å². The first-order chi connectivity index (χ1) is 8.62. The summed E-state index contributed by atoms with van der Waals surface area (Å²) in [6.07, 6.45) is 0.635. The maximum absolute atomic E-state index is 10.8. The molecule has 0 aliphatic heterocycles. The fourth-order valence-electron chi connectivity index (χ4n) is 1.69. The van der Waals surface area contributed by atoms with Gasteiger partial charge in [-0.2, -0.15) is 0 Å². The Balaban J connectivity index is 2.95.